The van der Waals surface area contributed by atoms with Gasteiger partial charge in [0.15, 0.2) is 0 Å². The first kappa shape index (κ1) is 36.3. The third-order valence-electron chi connectivity index (χ3n) is 7.19. The highest BCUT2D eigenvalue weighted by molar-refractivity contribution is 5.93. The Bertz CT molecular complexity index is 809. The zero-order chi connectivity index (χ0) is 30.0. The van der Waals surface area contributed by atoms with Crippen molar-refractivity contribution in [2.45, 2.75) is 129 Å². The Morgan fingerprint density at radius 3 is 1.88 bits per heavy atom. The summed E-state index contributed by atoms with van der Waals surface area (Å²) >= 11 is 0. The first-order valence-corrected chi connectivity index (χ1v) is 15.9. The van der Waals surface area contributed by atoms with E-state index in [9.17, 15) is 14.4 Å². The number of nitrogens with one attached hydrogen (secondary N) is 2. The van der Waals surface area contributed by atoms with Gasteiger partial charge in [0, 0.05) is 26.8 Å². The maximum absolute atomic E-state index is 12.5. The number of imide groups is 1. The van der Waals surface area contributed by atoms with Gasteiger partial charge in [-0.3, -0.25) is 14.7 Å². The van der Waals surface area contributed by atoms with Crippen molar-refractivity contribution >= 4 is 18.0 Å². The lowest BCUT2D eigenvalue weighted by Crippen LogP contribution is -2.47. The molecule has 0 saturated heterocycles. The molecule has 2 N–H and O–H groups in total. The number of rotatable bonds is 24. The fourth-order valence-corrected chi connectivity index (χ4v) is 4.60. The van der Waals surface area contributed by atoms with E-state index >= 15 is 0 Å². The Morgan fingerprint density at radius 2 is 1.39 bits per heavy atom. The van der Waals surface area contributed by atoms with E-state index in [1.807, 2.05) is 6.07 Å². The second-order valence-corrected chi connectivity index (χ2v) is 10.8. The standard InChI is InChI=1S/C32H56N4O5/c1-4-5-6-7-8-9-10-11-12-13-14-15-16-17-18-20-24-34-32(39)41-27-30(40-3)26-36(28(2)37)31(38)35-25-29-22-19-21-23-33-29/h19,21-23,30H,4-18,20,24-27H2,1-3H3,(H,34,39)(H,35,38). The Hall–Kier alpha value is -2.68. The number of pyridine rings is 1. The number of hydrogen-bond donors (Lipinski definition) is 2. The van der Waals surface area contributed by atoms with Crippen molar-refractivity contribution in [1.82, 2.24) is 20.5 Å². The van der Waals surface area contributed by atoms with Crippen LogP contribution in [0.3, 0.4) is 0 Å². The van der Waals surface area contributed by atoms with Crippen LogP contribution in [-0.2, 0) is 20.8 Å². The van der Waals surface area contributed by atoms with Crippen LogP contribution in [0.25, 0.3) is 0 Å². The van der Waals surface area contributed by atoms with Crippen LogP contribution < -0.4 is 10.6 Å². The van der Waals surface area contributed by atoms with Gasteiger partial charge in [0.05, 0.1) is 18.8 Å². The minimum Gasteiger partial charge on any atom is -0.447 e. The number of carbonyl (C=O) groups excluding carboxylic acids is 3. The largest absolute Gasteiger partial charge is 0.447 e. The molecule has 234 valence electrons. The number of unbranched alkanes of at least 4 members (excludes halogenated alkanes) is 15. The summed E-state index contributed by atoms with van der Waals surface area (Å²) in [5.41, 5.74) is 0.678. The van der Waals surface area contributed by atoms with Gasteiger partial charge in [-0.1, -0.05) is 109 Å². The first-order chi connectivity index (χ1) is 20.0. The maximum Gasteiger partial charge on any atom is 0.407 e. The van der Waals surface area contributed by atoms with E-state index in [2.05, 4.69) is 22.5 Å². The quantitative estimate of drug-likeness (QED) is 0.127. The van der Waals surface area contributed by atoms with E-state index in [1.165, 1.54) is 104 Å². The number of nitrogens with zero attached hydrogens (tertiary/aromatic N) is 2. The second-order valence-electron chi connectivity index (χ2n) is 10.8. The summed E-state index contributed by atoms with van der Waals surface area (Å²) in [6, 6.07) is 4.83. The van der Waals surface area contributed by atoms with Crippen LogP contribution in [0.1, 0.15) is 122 Å². The Kier molecular flexibility index (Phi) is 22.2. The van der Waals surface area contributed by atoms with Gasteiger partial charge >= 0.3 is 12.1 Å². The number of urea groups is 1. The summed E-state index contributed by atoms with van der Waals surface area (Å²) in [4.78, 5) is 41.8. The van der Waals surface area contributed by atoms with Crippen LogP contribution in [0.15, 0.2) is 24.4 Å². The Labute approximate surface area is 248 Å². The zero-order valence-electron chi connectivity index (χ0n) is 26.0. The lowest BCUT2D eigenvalue weighted by Gasteiger charge is -2.24. The molecule has 9 heteroatoms. The zero-order valence-corrected chi connectivity index (χ0v) is 26.0. The molecule has 0 spiro atoms. The maximum atomic E-state index is 12.5. The fraction of sp³-hybridized carbons (Fsp3) is 0.750. The van der Waals surface area contributed by atoms with Crippen LogP contribution in [0.2, 0.25) is 0 Å². The minimum absolute atomic E-state index is 0.0354. The van der Waals surface area contributed by atoms with Crippen molar-refractivity contribution in [2.24, 2.45) is 0 Å². The number of methoxy groups -OCH3 is 1. The molecule has 0 aliphatic heterocycles. The summed E-state index contributed by atoms with van der Waals surface area (Å²) in [5.74, 6) is -0.432. The second kappa shape index (κ2) is 25.1. The first-order valence-electron chi connectivity index (χ1n) is 15.9. The normalized spacial score (nSPS) is 11.6. The molecular formula is C32H56N4O5. The molecule has 1 aromatic rings. The molecule has 0 aliphatic carbocycles. The van der Waals surface area contributed by atoms with E-state index in [4.69, 9.17) is 9.47 Å². The average Bonchev–Trinajstić information content (AvgIpc) is 2.98. The third kappa shape index (κ3) is 19.9. The van der Waals surface area contributed by atoms with Crippen LogP contribution in [0.4, 0.5) is 9.59 Å². The third-order valence-corrected chi connectivity index (χ3v) is 7.19. The van der Waals surface area contributed by atoms with Gasteiger partial charge in [-0.25, -0.2) is 9.59 Å². The minimum atomic E-state index is -0.638. The van der Waals surface area contributed by atoms with Crippen molar-refractivity contribution in [2.75, 3.05) is 26.8 Å². The summed E-state index contributed by atoms with van der Waals surface area (Å²) in [7, 11) is 1.45. The van der Waals surface area contributed by atoms with Crippen molar-refractivity contribution in [3.8, 4) is 0 Å². The van der Waals surface area contributed by atoms with Crippen LogP contribution in [0, 0.1) is 0 Å². The Morgan fingerprint density at radius 1 is 0.829 bits per heavy atom. The number of amides is 4. The van der Waals surface area contributed by atoms with Crippen LogP contribution >= 0.6 is 0 Å². The molecule has 1 heterocycles. The number of alkyl carbamates (subject to hydrolysis) is 1. The molecule has 0 aliphatic rings. The molecule has 4 amide bonds. The van der Waals surface area contributed by atoms with Gasteiger partial charge in [0.2, 0.25) is 5.91 Å². The van der Waals surface area contributed by atoms with Crippen molar-refractivity contribution in [1.29, 1.82) is 0 Å². The van der Waals surface area contributed by atoms with Gasteiger partial charge < -0.3 is 20.1 Å². The van der Waals surface area contributed by atoms with Gasteiger partial charge in [-0.05, 0) is 18.6 Å². The number of ether oxygens (including phenoxy) is 2. The molecule has 0 bridgehead atoms. The van der Waals surface area contributed by atoms with E-state index < -0.39 is 24.1 Å². The highest BCUT2D eigenvalue weighted by Crippen LogP contribution is 2.13. The molecule has 1 atom stereocenters. The average molecular weight is 577 g/mol. The predicted molar refractivity (Wildman–Crippen MR) is 164 cm³/mol. The monoisotopic (exact) mass is 576 g/mol. The van der Waals surface area contributed by atoms with Crippen molar-refractivity contribution in [3.05, 3.63) is 30.1 Å². The highest BCUT2D eigenvalue weighted by atomic mass is 16.6. The van der Waals surface area contributed by atoms with Gasteiger partial charge in [-0.15, -0.1) is 0 Å². The fourth-order valence-electron chi connectivity index (χ4n) is 4.60. The summed E-state index contributed by atoms with van der Waals surface area (Å²) < 4.78 is 10.6. The number of carbonyl (C=O) groups is 3. The molecule has 0 radical (unpaired) electrons. The SMILES string of the molecule is CCCCCCCCCCCCCCCCCCNC(=O)OCC(CN(C(C)=O)C(=O)NCc1ccccn1)OC. The summed E-state index contributed by atoms with van der Waals surface area (Å²) in [6.07, 6.45) is 21.4. The van der Waals surface area contributed by atoms with Crippen molar-refractivity contribution in [3.63, 3.8) is 0 Å². The lowest BCUT2D eigenvalue weighted by atomic mass is 10.0. The Balaban J connectivity index is 2.05. The molecule has 0 saturated carbocycles. The van der Waals surface area contributed by atoms with Crippen LogP contribution in [-0.4, -0.2) is 60.8 Å². The highest BCUT2D eigenvalue weighted by Gasteiger charge is 2.23. The molecule has 1 rings (SSSR count). The summed E-state index contributed by atoms with van der Waals surface area (Å²) in [5, 5.41) is 5.44. The molecule has 0 fully saturated rings. The van der Waals surface area contributed by atoms with E-state index in [1.54, 1.807) is 18.3 Å². The molecule has 9 nitrogen and oxygen atoms in total. The van der Waals surface area contributed by atoms with Gasteiger partial charge in [0.25, 0.3) is 0 Å². The topological polar surface area (TPSA) is 110 Å². The van der Waals surface area contributed by atoms with E-state index in [0.29, 0.717) is 12.2 Å². The molecule has 1 aromatic heterocycles. The van der Waals surface area contributed by atoms with E-state index in [0.717, 1.165) is 17.7 Å². The van der Waals surface area contributed by atoms with Gasteiger partial charge in [0.1, 0.15) is 12.7 Å². The molecular weight excluding hydrogens is 520 g/mol. The van der Waals surface area contributed by atoms with Crippen molar-refractivity contribution < 1.29 is 23.9 Å². The van der Waals surface area contributed by atoms with Gasteiger partial charge in [-0.2, -0.15) is 0 Å². The molecule has 41 heavy (non-hydrogen) atoms. The molecule has 0 aromatic carbocycles. The smallest absolute Gasteiger partial charge is 0.407 e. The number of aromatic nitrogens is 1. The molecule has 1 unspecified atom stereocenters. The lowest BCUT2D eigenvalue weighted by molar-refractivity contribution is -0.127. The number of hydrogen-bond acceptors (Lipinski definition) is 6. The van der Waals surface area contributed by atoms with Crippen LogP contribution in [0.5, 0.6) is 0 Å². The predicted octanol–water partition coefficient (Wildman–Crippen LogP) is 7.14. The van der Waals surface area contributed by atoms with E-state index in [-0.39, 0.29) is 19.7 Å². The summed E-state index contributed by atoms with van der Waals surface area (Å²) in [6.45, 7) is 4.22.